The van der Waals surface area contributed by atoms with E-state index in [2.05, 4.69) is 38.0 Å². The molecule has 0 unspecified atom stereocenters. The Morgan fingerprint density at radius 3 is 2.50 bits per heavy atom. The van der Waals surface area contributed by atoms with Crippen LogP contribution in [0.25, 0.3) is 0 Å². The number of aromatic nitrogens is 2. The zero-order chi connectivity index (χ0) is 10.7. The molecule has 0 saturated carbocycles. The van der Waals surface area contributed by atoms with E-state index in [0.29, 0.717) is 5.88 Å². The van der Waals surface area contributed by atoms with Gasteiger partial charge in [0.25, 0.3) is 0 Å². The highest BCUT2D eigenvalue weighted by Crippen LogP contribution is 2.13. The molecular weight excluding hydrogens is 311 g/mol. The number of hydrogen-bond donors (Lipinski definition) is 1. The average Bonchev–Trinajstić information content (AvgIpc) is 2.69. The van der Waals surface area contributed by atoms with Gasteiger partial charge in [0.2, 0.25) is 0 Å². The highest BCUT2D eigenvalue weighted by molar-refractivity contribution is 9.10. The second kappa shape index (κ2) is 6.28. The van der Waals surface area contributed by atoms with E-state index in [1.165, 1.54) is 5.56 Å². The van der Waals surface area contributed by atoms with Crippen molar-refractivity contribution >= 4 is 39.9 Å². The van der Waals surface area contributed by atoms with Gasteiger partial charge >= 0.3 is 0 Å². The van der Waals surface area contributed by atoms with E-state index in [1.807, 2.05) is 12.1 Å². The van der Waals surface area contributed by atoms with Crippen molar-refractivity contribution in [2.75, 3.05) is 0 Å². The van der Waals surface area contributed by atoms with Crippen LogP contribution in [0, 0.1) is 0 Å². The smallest absolute Gasteiger partial charge is 0.110 e. The molecule has 0 bridgehead atoms. The van der Waals surface area contributed by atoms with E-state index < -0.39 is 0 Å². The number of nitrogens with zero attached hydrogens (tertiary/aromatic N) is 1. The number of alkyl halides is 1. The number of H-pyrrole nitrogens is 1. The molecule has 0 saturated heterocycles. The van der Waals surface area contributed by atoms with E-state index in [4.69, 9.17) is 11.6 Å². The zero-order valence-corrected chi connectivity index (χ0v) is 11.6. The maximum Gasteiger partial charge on any atom is 0.110 e. The molecule has 0 radical (unpaired) electrons. The molecule has 2 aromatic rings. The van der Waals surface area contributed by atoms with Crippen LogP contribution >= 0.6 is 39.9 Å². The zero-order valence-electron chi connectivity index (χ0n) is 8.41. The van der Waals surface area contributed by atoms with Gasteiger partial charge in [0.15, 0.2) is 0 Å². The Morgan fingerprint density at radius 2 is 1.94 bits per heavy atom. The summed E-state index contributed by atoms with van der Waals surface area (Å²) in [6.07, 6.45) is 2.59. The summed E-state index contributed by atoms with van der Waals surface area (Å²) in [6.45, 7) is 0. The van der Waals surface area contributed by atoms with Gasteiger partial charge in [0.1, 0.15) is 5.82 Å². The molecule has 1 heterocycles. The molecule has 5 heteroatoms. The minimum absolute atomic E-state index is 0. The average molecular weight is 322 g/mol. The van der Waals surface area contributed by atoms with Crippen molar-refractivity contribution in [2.24, 2.45) is 0 Å². The molecule has 86 valence electrons. The van der Waals surface area contributed by atoms with E-state index in [9.17, 15) is 0 Å². The molecule has 0 aliphatic carbocycles. The lowest BCUT2D eigenvalue weighted by Gasteiger charge is -1.98. The van der Waals surface area contributed by atoms with Crippen LogP contribution in [0.1, 0.15) is 17.1 Å². The maximum absolute atomic E-state index is 5.69. The summed E-state index contributed by atoms with van der Waals surface area (Å²) in [6, 6.07) is 8.21. The summed E-state index contributed by atoms with van der Waals surface area (Å²) in [4.78, 5) is 7.42. The van der Waals surface area contributed by atoms with Gasteiger partial charge in [-0.25, -0.2) is 4.98 Å². The summed E-state index contributed by atoms with van der Waals surface area (Å²) < 4.78 is 1.09. The van der Waals surface area contributed by atoms with Crippen molar-refractivity contribution in [3.8, 4) is 0 Å². The fourth-order valence-corrected chi connectivity index (χ4v) is 1.76. The third-order valence-electron chi connectivity index (χ3n) is 2.11. The molecule has 1 N–H and O–H groups in total. The first-order chi connectivity index (χ1) is 7.28. The summed E-state index contributed by atoms with van der Waals surface area (Å²) in [5, 5.41) is 0. The number of halogens is 3. The first-order valence-corrected chi connectivity index (χ1v) is 5.94. The van der Waals surface area contributed by atoms with Gasteiger partial charge in [-0.2, -0.15) is 0 Å². The summed E-state index contributed by atoms with van der Waals surface area (Å²) in [5.41, 5.74) is 2.19. The van der Waals surface area contributed by atoms with Crippen LogP contribution in [0.4, 0.5) is 0 Å². The molecule has 16 heavy (non-hydrogen) atoms. The highest BCUT2D eigenvalue weighted by atomic mass is 79.9. The van der Waals surface area contributed by atoms with Crippen LogP contribution < -0.4 is 0 Å². The quantitative estimate of drug-likeness (QED) is 0.853. The van der Waals surface area contributed by atoms with E-state index in [0.717, 1.165) is 22.4 Å². The van der Waals surface area contributed by atoms with Gasteiger partial charge in [-0.1, -0.05) is 28.1 Å². The van der Waals surface area contributed by atoms with E-state index in [1.54, 1.807) is 6.20 Å². The van der Waals surface area contributed by atoms with Gasteiger partial charge in [-0.05, 0) is 17.7 Å². The van der Waals surface area contributed by atoms with Crippen LogP contribution in [-0.4, -0.2) is 9.97 Å². The Morgan fingerprint density at radius 1 is 1.25 bits per heavy atom. The van der Waals surface area contributed by atoms with Gasteiger partial charge in [0, 0.05) is 22.8 Å². The first kappa shape index (κ1) is 13.6. The highest BCUT2D eigenvalue weighted by Gasteiger charge is 2.01. The molecule has 2 rings (SSSR count). The fourth-order valence-electron chi connectivity index (χ4n) is 1.36. The monoisotopic (exact) mass is 320 g/mol. The largest absolute Gasteiger partial charge is 0.345 e. The molecule has 0 spiro atoms. The van der Waals surface area contributed by atoms with Crippen LogP contribution in [-0.2, 0) is 12.3 Å². The maximum atomic E-state index is 5.69. The number of nitrogens with one attached hydrogen (secondary N) is 1. The Hall–Kier alpha value is -0.510. The van der Waals surface area contributed by atoms with Crippen molar-refractivity contribution in [1.29, 1.82) is 0 Å². The SMILES string of the molecule is Cl.ClCc1cnc(Cc2ccc(Br)cc2)[nH]1. The molecule has 2 nitrogen and oxygen atoms in total. The standard InChI is InChI=1S/C11H10BrClN2.ClH/c12-9-3-1-8(2-4-9)5-11-14-7-10(6-13)15-11;/h1-4,7H,5-6H2,(H,14,15);1H. The van der Waals surface area contributed by atoms with Crippen LogP contribution in [0.3, 0.4) is 0 Å². The summed E-state index contributed by atoms with van der Waals surface area (Å²) in [7, 11) is 0. The predicted molar refractivity (Wildman–Crippen MR) is 72.3 cm³/mol. The van der Waals surface area contributed by atoms with Gasteiger partial charge in [0.05, 0.1) is 5.88 Å². The van der Waals surface area contributed by atoms with Crippen LogP contribution in [0.2, 0.25) is 0 Å². The van der Waals surface area contributed by atoms with E-state index >= 15 is 0 Å². The molecular formula is C11H11BrCl2N2. The lowest BCUT2D eigenvalue weighted by molar-refractivity contribution is 1.01. The van der Waals surface area contributed by atoms with Crippen molar-refractivity contribution in [1.82, 2.24) is 9.97 Å². The molecule has 0 fully saturated rings. The predicted octanol–water partition coefficient (Wildman–Crippen LogP) is 3.92. The Labute approximate surface area is 114 Å². The third-order valence-corrected chi connectivity index (χ3v) is 2.93. The van der Waals surface area contributed by atoms with Crippen molar-refractivity contribution in [3.63, 3.8) is 0 Å². The van der Waals surface area contributed by atoms with Gasteiger partial charge in [-0.15, -0.1) is 24.0 Å². The summed E-state index contributed by atoms with van der Waals surface area (Å²) >= 11 is 9.09. The number of hydrogen-bond acceptors (Lipinski definition) is 1. The minimum Gasteiger partial charge on any atom is -0.345 e. The van der Waals surface area contributed by atoms with Crippen molar-refractivity contribution in [3.05, 3.63) is 52.0 Å². The van der Waals surface area contributed by atoms with Gasteiger partial charge < -0.3 is 4.98 Å². The van der Waals surface area contributed by atoms with Crippen LogP contribution in [0.15, 0.2) is 34.9 Å². The summed E-state index contributed by atoms with van der Waals surface area (Å²) in [5.74, 6) is 1.43. The van der Waals surface area contributed by atoms with E-state index in [-0.39, 0.29) is 12.4 Å². The number of imidazole rings is 1. The lowest BCUT2D eigenvalue weighted by atomic mass is 10.1. The topological polar surface area (TPSA) is 28.7 Å². The molecule has 1 aromatic carbocycles. The lowest BCUT2D eigenvalue weighted by Crippen LogP contribution is -1.90. The normalized spacial score (nSPS) is 9.88. The van der Waals surface area contributed by atoms with Gasteiger partial charge in [-0.3, -0.25) is 0 Å². The second-order valence-electron chi connectivity index (χ2n) is 3.29. The molecule has 0 aliphatic heterocycles. The Bertz CT molecular complexity index is 440. The third kappa shape index (κ3) is 3.51. The number of rotatable bonds is 3. The fraction of sp³-hybridized carbons (Fsp3) is 0.182. The number of aromatic amines is 1. The molecule has 0 aliphatic rings. The van der Waals surface area contributed by atoms with Crippen LogP contribution in [0.5, 0.6) is 0 Å². The Kier molecular flexibility index (Phi) is 5.32. The Balaban J connectivity index is 0.00000128. The minimum atomic E-state index is 0. The van der Waals surface area contributed by atoms with Crippen molar-refractivity contribution in [2.45, 2.75) is 12.3 Å². The van der Waals surface area contributed by atoms with Crippen molar-refractivity contribution < 1.29 is 0 Å². The molecule has 1 aromatic heterocycles. The molecule has 0 atom stereocenters. The first-order valence-electron chi connectivity index (χ1n) is 4.61. The second-order valence-corrected chi connectivity index (χ2v) is 4.47. The number of benzene rings is 1. The molecule has 0 amide bonds.